The zero-order valence-corrected chi connectivity index (χ0v) is 12.8. The lowest BCUT2D eigenvalue weighted by Gasteiger charge is -2.29. The van der Waals surface area contributed by atoms with Crippen LogP contribution in [0.25, 0.3) is 0 Å². The lowest BCUT2D eigenvalue weighted by Crippen LogP contribution is -2.39. The number of hydrogen-bond donors (Lipinski definition) is 0. The third-order valence-electron chi connectivity index (χ3n) is 2.78. The lowest BCUT2D eigenvalue weighted by atomic mass is 10.5. The highest BCUT2D eigenvalue weighted by Gasteiger charge is 2.24. The summed E-state index contributed by atoms with van der Waals surface area (Å²) in [6.45, 7) is 10.0. The number of epoxide rings is 1. The molecular formula is C12H26O4Si. The molecule has 0 saturated carbocycles. The van der Waals surface area contributed by atoms with Crippen molar-refractivity contribution in [2.75, 3.05) is 33.0 Å². The molecule has 0 aromatic rings. The maximum absolute atomic E-state index is 5.70. The molecule has 1 atom stereocenters. The minimum atomic E-state index is -0.381. The Kier molecular flexibility index (Phi) is 7.30. The molecule has 17 heavy (non-hydrogen) atoms. The maximum atomic E-state index is 5.70. The summed E-state index contributed by atoms with van der Waals surface area (Å²) in [4.78, 5) is 0. The predicted octanol–water partition coefficient (Wildman–Crippen LogP) is 1.13. The van der Waals surface area contributed by atoms with Crippen LogP contribution in [0.3, 0.4) is 0 Å². The summed E-state index contributed by atoms with van der Waals surface area (Å²) < 4.78 is 22.0. The summed E-state index contributed by atoms with van der Waals surface area (Å²) in [6.07, 6.45) is 1.48. The molecule has 0 spiro atoms. The summed E-state index contributed by atoms with van der Waals surface area (Å²) in [5, 5.41) is 0. The molecule has 1 heterocycles. The molecule has 0 bridgehead atoms. The summed E-state index contributed by atoms with van der Waals surface area (Å²) >= 11 is 0. The number of ether oxygens (including phenoxy) is 4. The van der Waals surface area contributed by atoms with Gasteiger partial charge in [-0.25, -0.2) is 0 Å². The van der Waals surface area contributed by atoms with Crippen molar-refractivity contribution in [3.05, 3.63) is 0 Å². The van der Waals surface area contributed by atoms with E-state index in [1.54, 1.807) is 0 Å². The summed E-state index contributed by atoms with van der Waals surface area (Å²) in [6, 6.07) is 1.20. The molecule has 4 nitrogen and oxygen atoms in total. The van der Waals surface area contributed by atoms with E-state index in [1.807, 2.05) is 13.8 Å². The van der Waals surface area contributed by atoms with Gasteiger partial charge in [0.1, 0.15) is 11.5 Å². The summed E-state index contributed by atoms with van der Waals surface area (Å²) in [7, 11) is -0.381. The zero-order chi connectivity index (χ0) is 12.6. The monoisotopic (exact) mass is 262 g/mol. The molecule has 1 rings (SSSR count). The van der Waals surface area contributed by atoms with E-state index in [9.17, 15) is 0 Å². The van der Waals surface area contributed by atoms with Crippen LogP contribution in [0.2, 0.25) is 6.04 Å². The SMILES string of the molecule is CCOC(C)(OCC)[SiH2]CCCOCC1CO1. The Bertz CT molecular complexity index is 191. The highest BCUT2D eigenvalue weighted by Crippen LogP contribution is 2.14. The Hall–Kier alpha value is 0.0569. The van der Waals surface area contributed by atoms with Crippen molar-refractivity contribution in [2.24, 2.45) is 0 Å². The van der Waals surface area contributed by atoms with Crippen molar-refractivity contribution < 1.29 is 18.9 Å². The van der Waals surface area contributed by atoms with Gasteiger partial charge in [0.25, 0.3) is 0 Å². The van der Waals surface area contributed by atoms with E-state index in [1.165, 1.54) is 6.04 Å². The standard InChI is InChI=1S/C12H26O4Si/c1-4-15-12(3,16-5-2)17-8-6-7-13-9-11-10-14-11/h11H,4-10,17H2,1-3H3. The molecule has 0 N–H and O–H groups in total. The van der Waals surface area contributed by atoms with Gasteiger partial charge in [0.2, 0.25) is 0 Å². The van der Waals surface area contributed by atoms with Gasteiger partial charge in [0, 0.05) is 19.8 Å². The fraction of sp³-hybridized carbons (Fsp3) is 1.00. The average Bonchev–Trinajstić information content (AvgIpc) is 3.08. The largest absolute Gasteiger partial charge is 0.379 e. The molecule has 5 heteroatoms. The highest BCUT2D eigenvalue weighted by molar-refractivity contribution is 6.38. The average molecular weight is 262 g/mol. The van der Waals surface area contributed by atoms with Gasteiger partial charge < -0.3 is 18.9 Å². The van der Waals surface area contributed by atoms with Gasteiger partial charge in [-0.05, 0) is 27.2 Å². The zero-order valence-electron chi connectivity index (χ0n) is 11.4. The lowest BCUT2D eigenvalue weighted by molar-refractivity contribution is -0.163. The van der Waals surface area contributed by atoms with E-state index in [0.29, 0.717) is 6.10 Å². The third kappa shape index (κ3) is 7.16. The number of rotatable bonds is 11. The van der Waals surface area contributed by atoms with Crippen molar-refractivity contribution in [2.45, 2.75) is 44.8 Å². The molecule has 102 valence electrons. The maximum Gasteiger partial charge on any atom is 0.142 e. The molecular weight excluding hydrogens is 236 g/mol. The Morgan fingerprint density at radius 2 is 1.94 bits per heavy atom. The van der Waals surface area contributed by atoms with Crippen LogP contribution in [-0.2, 0) is 18.9 Å². The number of hydrogen-bond acceptors (Lipinski definition) is 4. The van der Waals surface area contributed by atoms with Crippen LogP contribution >= 0.6 is 0 Å². The smallest absolute Gasteiger partial charge is 0.142 e. The van der Waals surface area contributed by atoms with Crippen molar-refractivity contribution >= 4 is 9.52 Å². The molecule has 0 aromatic carbocycles. The highest BCUT2D eigenvalue weighted by atomic mass is 28.2. The van der Waals surface area contributed by atoms with Crippen LogP contribution < -0.4 is 0 Å². The molecule has 1 aliphatic rings. The molecule has 1 unspecified atom stereocenters. The van der Waals surface area contributed by atoms with Crippen LogP contribution in [-0.4, -0.2) is 54.1 Å². The van der Waals surface area contributed by atoms with E-state index in [0.717, 1.165) is 39.5 Å². The second kappa shape index (κ2) is 8.21. The van der Waals surface area contributed by atoms with Gasteiger partial charge in [0.05, 0.1) is 22.7 Å². The second-order valence-corrected chi connectivity index (χ2v) is 6.98. The molecule has 1 fully saturated rings. The normalized spacial score (nSPS) is 20.3. The summed E-state index contributed by atoms with van der Waals surface area (Å²) in [5.74, 6) is 0. The van der Waals surface area contributed by atoms with Crippen molar-refractivity contribution in [3.63, 3.8) is 0 Å². The Labute approximate surface area is 107 Å². The molecule has 0 aliphatic carbocycles. The van der Waals surface area contributed by atoms with Gasteiger partial charge in [-0.1, -0.05) is 6.04 Å². The van der Waals surface area contributed by atoms with E-state index < -0.39 is 0 Å². The van der Waals surface area contributed by atoms with E-state index in [4.69, 9.17) is 18.9 Å². The van der Waals surface area contributed by atoms with Gasteiger partial charge in [-0.15, -0.1) is 0 Å². The van der Waals surface area contributed by atoms with E-state index in [2.05, 4.69) is 6.92 Å². The first-order valence-corrected chi connectivity index (χ1v) is 8.38. The first-order chi connectivity index (χ1) is 8.20. The fourth-order valence-electron chi connectivity index (χ4n) is 1.83. The molecule has 0 amide bonds. The quantitative estimate of drug-likeness (QED) is 0.242. The van der Waals surface area contributed by atoms with Crippen LogP contribution in [0, 0.1) is 0 Å². The molecule has 0 radical (unpaired) electrons. The minimum absolute atomic E-state index is 0.289. The van der Waals surface area contributed by atoms with E-state index >= 15 is 0 Å². The summed E-state index contributed by atoms with van der Waals surface area (Å²) in [5.41, 5.74) is -0.289. The first-order valence-electron chi connectivity index (χ1n) is 6.67. The minimum Gasteiger partial charge on any atom is -0.379 e. The van der Waals surface area contributed by atoms with Gasteiger partial charge in [0.15, 0.2) is 0 Å². The van der Waals surface area contributed by atoms with Gasteiger partial charge >= 0.3 is 0 Å². The Morgan fingerprint density at radius 3 is 2.47 bits per heavy atom. The van der Waals surface area contributed by atoms with Gasteiger partial charge in [-0.2, -0.15) is 0 Å². The fourth-order valence-corrected chi connectivity index (χ4v) is 3.62. The van der Waals surface area contributed by atoms with Crippen LogP contribution in [0.1, 0.15) is 27.2 Å². The van der Waals surface area contributed by atoms with Crippen molar-refractivity contribution in [1.29, 1.82) is 0 Å². The first kappa shape index (κ1) is 15.1. The topological polar surface area (TPSA) is 40.2 Å². The Morgan fingerprint density at radius 1 is 1.29 bits per heavy atom. The van der Waals surface area contributed by atoms with Crippen molar-refractivity contribution in [3.8, 4) is 0 Å². The molecule has 0 aromatic heterocycles. The third-order valence-corrected chi connectivity index (χ3v) is 4.95. The second-order valence-electron chi connectivity index (χ2n) is 4.49. The van der Waals surface area contributed by atoms with E-state index in [-0.39, 0.29) is 14.9 Å². The molecule has 1 saturated heterocycles. The van der Waals surface area contributed by atoms with Crippen LogP contribution in [0.5, 0.6) is 0 Å². The van der Waals surface area contributed by atoms with Crippen LogP contribution in [0.4, 0.5) is 0 Å². The Balaban J connectivity index is 2.00. The predicted molar refractivity (Wildman–Crippen MR) is 70.2 cm³/mol. The van der Waals surface area contributed by atoms with Gasteiger partial charge in [-0.3, -0.25) is 0 Å². The molecule has 1 aliphatic heterocycles. The van der Waals surface area contributed by atoms with Crippen LogP contribution in [0.15, 0.2) is 0 Å². The van der Waals surface area contributed by atoms with Crippen molar-refractivity contribution in [1.82, 2.24) is 0 Å².